The van der Waals surface area contributed by atoms with Gasteiger partial charge in [0.2, 0.25) is 0 Å². The molecular formula is C18H14ClF5N4OS. The predicted octanol–water partition coefficient (Wildman–Crippen LogP) is 5.00. The van der Waals surface area contributed by atoms with Crippen molar-refractivity contribution < 1.29 is 26.2 Å². The van der Waals surface area contributed by atoms with Gasteiger partial charge in [-0.3, -0.25) is 4.21 Å². The van der Waals surface area contributed by atoms with Gasteiger partial charge in [0.15, 0.2) is 11.6 Å². The van der Waals surface area contributed by atoms with Crippen molar-refractivity contribution in [3.63, 3.8) is 0 Å². The molecule has 0 unspecified atom stereocenters. The van der Waals surface area contributed by atoms with Gasteiger partial charge < -0.3 is 10.3 Å². The van der Waals surface area contributed by atoms with Crippen LogP contribution in [-0.4, -0.2) is 25.4 Å². The van der Waals surface area contributed by atoms with Crippen LogP contribution in [0.3, 0.4) is 0 Å². The Hall–Kier alpha value is -2.53. The highest BCUT2D eigenvalue weighted by Crippen LogP contribution is 2.32. The summed E-state index contributed by atoms with van der Waals surface area (Å²) in [6.45, 7) is 1.61. The first-order valence-electron chi connectivity index (χ1n) is 8.31. The first kappa shape index (κ1) is 22.2. The molecule has 12 heteroatoms. The monoisotopic (exact) mass is 464 g/mol. The molecule has 0 saturated carbocycles. The Bertz CT molecular complexity index is 1120. The first-order valence-corrected chi connectivity index (χ1v) is 10.2. The molecule has 0 fully saturated rings. The lowest BCUT2D eigenvalue weighted by Gasteiger charge is -2.19. The van der Waals surface area contributed by atoms with E-state index in [-0.39, 0.29) is 21.4 Å². The molecule has 0 saturated heterocycles. The number of pyridine rings is 1. The molecule has 0 aliphatic heterocycles. The maximum Gasteiger partial charge on any atom is 0.417 e. The molecule has 2 N–H and O–H groups in total. The molecule has 0 radical (unpaired) electrons. The number of rotatable bonds is 5. The van der Waals surface area contributed by atoms with Crippen LogP contribution in [0.15, 0.2) is 35.5 Å². The molecule has 5 nitrogen and oxygen atoms in total. The highest BCUT2D eigenvalue weighted by Gasteiger charge is 2.32. The molecular weight excluding hydrogens is 451 g/mol. The van der Waals surface area contributed by atoms with Crippen LogP contribution in [0.4, 0.5) is 27.8 Å². The number of alkyl halides is 3. The molecule has 2 atom stereocenters. The van der Waals surface area contributed by atoms with Gasteiger partial charge in [-0.25, -0.2) is 18.7 Å². The Morgan fingerprint density at radius 2 is 1.90 bits per heavy atom. The van der Waals surface area contributed by atoms with Crippen molar-refractivity contribution in [1.82, 2.24) is 15.0 Å². The van der Waals surface area contributed by atoms with Crippen LogP contribution in [0.1, 0.15) is 28.7 Å². The molecule has 3 rings (SSSR count). The lowest BCUT2D eigenvalue weighted by atomic mass is 10.1. The van der Waals surface area contributed by atoms with E-state index in [2.05, 4.69) is 20.3 Å². The zero-order chi connectivity index (χ0) is 22.2. The van der Waals surface area contributed by atoms with Crippen molar-refractivity contribution in [3.8, 4) is 0 Å². The number of imidazole rings is 1. The van der Waals surface area contributed by atoms with Gasteiger partial charge >= 0.3 is 6.18 Å². The van der Waals surface area contributed by atoms with Crippen molar-refractivity contribution in [2.75, 3.05) is 11.6 Å². The maximum absolute atomic E-state index is 14.3. The standard InChI is InChI=1S/C18H14ClF5N4OS/c1-8-17(30(2)29)28-16(26-8)14(9-3-4-11(19)12(20)5-9)27-15-13(21)6-10(7-25-15)18(22,23)24/h3-7,14H,1-2H3,(H,25,27)(H,26,28)/t14-,30+/m1/s1. The third kappa shape index (κ3) is 4.62. The molecule has 0 spiro atoms. The van der Waals surface area contributed by atoms with Crippen LogP contribution in [0.25, 0.3) is 0 Å². The molecule has 2 heterocycles. The maximum atomic E-state index is 14.3. The van der Waals surface area contributed by atoms with Gasteiger partial charge in [0, 0.05) is 18.1 Å². The third-order valence-corrected chi connectivity index (χ3v) is 5.38. The second-order valence-electron chi connectivity index (χ2n) is 6.31. The van der Waals surface area contributed by atoms with Crippen LogP contribution in [-0.2, 0) is 17.0 Å². The predicted molar refractivity (Wildman–Crippen MR) is 102 cm³/mol. The zero-order valence-electron chi connectivity index (χ0n) is 15.4. The number of H-pyrrole nitrogens is 1. The minimum Gasteiger partial charge on any atom is -0.354 e. The van der Waals surface area contributed by atoms with Gasteiger partial charge in [-0.15, -0.1) is 0 Å². The molecule has 160 valence electrons. The van der Waals surface area contributed by atoms with Crippen molar-refractivity contribution in [3.05, 3.63) is 69.8 Å². The van der Waals surface area contributed by atoms with Crippen LogP contribution in [0, 0.1) is 18.6 Å². The van der Waals surface area contributed by atoms with E-state index in [1.165, 1.54) is 18.4 Å². The number of anilines is 1. The molecule has 0 bridgehead atoms. The second kappa shape index (κ2) is 8.31. The number of benzene rings is 1. The summed E-state index contributed by atoms with van der Waals surface area (Å²) in [5, 5.41) is 2.71. The number of aromatic amines is 1. The fraction of sp³-hybridized carbons (Fsp3) is 0.222. The second-order valence-corrected chi connectivity index (χ2v) is 8.01. The highest BCUT2D eigenvalue weighted by atomic mass is 35.5. The molecule has 0 amide bonds. The average Bonchev–Trinajstić information content (AvgIpc) is 3.04. The van der Waals surface area contributed by atoms with Crippen molar-refractivity contribution in [2.45, 2.75) is 24.2 Å². The topological polar surface area (TPSA) is 70.7 Å². The summed E-state index contributed by atoms with van der Waals surface area (Å²) in [6, 6.07) is 3.03. The Kier molecular flexibility index (Phi) is 6.14. The minimum absolute atomic E-state index is 0.139. The molecule has 1 aromatic carbocycles. The SMILES string of the molecule is Cc1[nH]c([C@H](Nc2ncc(C(F)(F)F)cc2F)c2ccc(Cl)c(F)c2)nc1[S@](C)=O. The number of aromatic nitrogens is 3. The lowest BCUT2D eigenvalue weighted by molar-refractivity contribution is -0.138. The highest BCUT2D eigenvalue weighted by molar-refractivity contribution is 7.84. The van der Waals surface area contributed by atoms with Crippen molar-refractivity contribution in [2.24, 2.45) is 0 Å². The van der Waals surface area contributed by atoms with Gasteiger partial charge in [0.25, 0.3) is 0 Å². The minimum atomic E-state index is -4.76. The smallest absolute Gasteiger partial charge is 0.354 e. The van der Waals surface area contributed by atoms with Gasteiger partial charge in [0.05, 0.1) is 21.4 Å². The van der Waals surface area contributed by atoms with Gasteiger partial charge in [-0.1, -0.05) is 17.7 Å². The van der Waals surface area contributed by atoms with E-state index < -0.39 is 46.0 Å². The molecule has 3 aromatic rings. The van der Waals surface area contributed by atoms with E-state index in [9.17, 15) is 26.2 Å². The number of hydrogen-bond donors (Lipinski definition) is 2. The summed E-state index contributed by atoms with van der Waals surface area (Å²) >= 11 is 5.71. The van der Waals surface area contributed by atoms with Crippen molar-refractivity contribution in [1.29, 1.82) is 0 Å². The number of halogens is 6. The third-order valence-electron chi connectivity index (χ3n) is 4.13. The first-order chi connectivity index (χ1) is 14.0. The summed E-state index contributed by atoms with van der Waals surface area (Å²) < 4.78 is 78.5. The number of nitrogens with zero attached hydrogens (tertiary/aromatic N) is 2. The molecule has 2 aromatic heterocycles. The van der Waals surface area contributed by atoms with E-state index in [1.807, 2.05) is 0 Å². The summed E-state index contributed by atoms with van der Waals surface area (Å²) in [6.07, 6.45) is -2.87. The van der Waals surface area contributed by atoms with E-state index in [4.69, 9.17) is 11.6 Å². The van der Waals surface area contributed by atoms with Crippen LogP contribution >= 0.6 is 11.6 Å². The van der Waals surface area contributed by atoms with Crippen molar-refractivity contribution >= 4 is 28.2 Å². The normalized spacial score (nSPS) is 13.9. The van der Waals surface area contributed by atoms with Gasteiger partial charge in [0.1, 0.15) is 22.7 Å². The van der Waals surface area contributed by atoms with E-state index >= 15 is 0 Å². The largest absolute Gasteiger partial charge is 0.417 e. The Morgan fingerprint density at radius 1 is 1.20 bits per heavy atom. The Labute approximate surface area is 175 Å². The van der Waals surface area contributed by atoms with Crippen LogP contribution in [0.5, 0.6) is 0 Å². The Balaban J connectivity index is 2.07. The van der Waals surface area contributed by atoms with Crippen LogP contribution < -0.4 is 5.32 Å². The van der Waals surface area contributed by atoms with Gasteiger partial charge in [-0.2, -0.15) is 13.2 Å². The quantitative estimate of drug-likeness (QED) is 0.521. The van der Waals surface area contributed by atoms with E-state index in [1.54, 1.807) is 6.92 Å². The fourth-order valence-electron chi connectivity index (χ4n) is 2.72. The van der Waals surface area contributed by atoms with E-state index in [0.717, 1.165) is 6.07 Å². The van der Waals surface area contributed by atoms with E-state index in [0.29, 0.717) is 18.0 Å². The summed E-state index contributed by atoms with van der Waals surface area (Å²) in [5.41, 5.74) is -0.551. The summed E-state index contributed by atoms with van der Waals surface area (Å²) in [7, 11) is -1.44. The lowest BCUT2D eigenvalue weighted by Crippen LogP contribution is -2.17. The number of nitrogens with one attached hydrogen (secondary N) is 2. The molecule has 0 aliphatic carbocycles. The summed E-state index contributed by atoms with van der Waals surface area (Å²) in [5.74, 6) is -2.38. The average molecular weight is 465 g/mol. The summed E-state index contributed by atoms with van der Waals surface area (Å²) in [4.78, 5) is 10.6. The zero-order valence-corrected chi connectivity index (χ0v) is 17.0. The fourth-order valence-corrected chi connectivity index (χ4v) is 3.55. The van der Waals surface area contributed by atoms with Gasteiger partial charge in [-0.05, 0) is 30.7 Å². The Morgan fingerprint density at radius 3 is 2.43 bits per heavy atom. The van der Waals surface area contributed by atoms with Crippen LogP contribution in [0.2, 0.25) is 5.02 Å². The molecule has 0 aliphatic rings. The number of hydrogen-bond acceptors (Lipinski definition) is 4. The number of aryl methyl sites for hydroxylation is 1. The molecule has 30 heavy (non-hydrogen) atoms.